The van der Waals surface area contributed by atoms with E-state index >= 15 is 0 Å². The molecule has 3 rings (SSSR count). The number of nitrogens with zero attached hydrogens (tertiary/aromatic N) is 2. The summed E-state index contributed by atoms with van der Waals surface area (Å²) >= 11 is 0. The summed E-state index contributed by atoms with van der Waals surface area (Å²) in [4.78, 5) is 52.6. The number of rotatable bonds is 13. The Balaban J connectivity index is 1.68. The van der Waals surface area contributed by atoms with E-state index in [1.165, 1.54) is 6.07 Å². The highest BCUT2D eigenvalue weighted by molar-refractivity contribution is 7.58. The molecule has 1 aromatic carbocycles. The Morgan fingerprint density at radius 2 is 1.51 bits per heavy atom. The first-order valence-electron chi connectivity index (χ1n) is 13.2. The minimum absolute atomic E-state index is 0.000133. The highest BCUT2D eigenvalue weighted by Crippen LogP contribution is 2.50. The molecule has 204 valence electrons. The number of imide groups is 1. The molecule has 37 heavy (non-hydrogen) atoms. The molecular formula is C28H41N2O6P. The van der Waals surface area contributed by atoms with E-state index in [9.17, 15) is 28.9 Å². The molecule has 2 heterocycles. The van der Waals surface area contributed by atoms with Gasteiger partial charge in [0.2, 0.25) is 7.37 Å². The average Bonchev–Trinajstić information content (AvgIpc) is 3.22. The van der Waals surface area contributed by atoms with Crippen molar-refractivity contribution in [2.45, 2.75) is 60.3 Å². The summed E-state index contributed by atoms with van der Waals surface area (Å²) in [6.07, 6.45) is 2.61. The van der Waals surface area contributed by atoms with Crippen LogP contribution < -0.4 is 0 Å². The third-order valence-electron chi connectivity index (χ3n) is 7.94. The van der Waals surface area contributed by atoms with Crippen LogP contribution in [0.25, 0.3) is 5.70 Å². The molecule has 0 bridgehead atoms. The first-order valence-corrected chi connectivity index (χ1v) is 15.3. The van der Waals surface area contributed by atoms with Crippen molar-refractivity contribution >= 4 is 30.8 Å². The van der Waals surface area contributed by atoms with Crippen LogP contribution in [0.2, 0.25) is 0 Å². The van der Waals surface area contributed by atoms with Crippen molar-refractivity contribution in [2.24, 2.45) is 17.3 Å². The Hall–Kier alpha value is -2.28. The van der Waals surface area contributed by atoms with Gasteiger partial charge in [-0.1, -0.05) is 54.0 Å². The standard InChI is InChI=1S/C28H41N2O6P/c1-7-18(3)15-30-20(5)21-12-23-24(13-22(21)27(30)34)26(33)29(25(23)32)10-9-11-37(35,36)17-28(6,8-2)14-19(4)16-31/h12-13,18-19,31H,5,7-11,14-17H2,1-4,6H3,(H,35,36). The van der Waals surface area contributed by atoms with Gasteiger partial charge in [-0.3, -0.25) is 23.8 Å². The van der Waals surface area contributed by atoms with Gasteiger partial charge >= 0.3 is 0 Å². The predicted molar refractivity (Wildman–Crippen MR) is 145 cm³/mol. The van der Waals surface area contributed by atoms with Crippen LogP contribution in [0.3, 0.4) is 0 Å². The topological polar surface area (TPSA) is 115 Å². The fourth-order valence-electron chi connectivity index (χ4n) is 5.38. The van der Waals surface area contributed by atoms with Crippen LogP contribution in [0, 0.1) is 17.3 Å². The van der Waals surface area contributed by atoms with E-state index < -0.39 is 19.2 Å². The molecular weight excluding hydrogens is 491 g/mol. The Kier molecular flexibility index (Phi) is 8.88. The average molecular weight is 533 g/mol. The summed E-state index contributed by atoms with van der Waals surface area (Å²) in [6.45, 7) is 14.6. The number of hydrogen-bond donors (Lipinski definition) is 2. The molecule has 2 aliphatic heterocycles. The van der Waals surface area contributed by atoms with Gasteiger partial charge < -0.3 is 14.9 Å². The van der Waals surface area contributed by atoms with Crippen LogP contribution in [-0.4, -0.2) is 69.5 Å². The molecule has 0 radical (unpaired) electrons. The summed E-state index contributed by atoms with van der Waals surface area (Å²) in [5.74, 6) is -0.820. The van der Waals surface area contributed by atoms with Crippen LogP contribution in [0.4, 0.5) is 0 Å². The van der Waals surface area contributed by atoms with Crippen molar-refractivity contribution < 1.29 is 28.9 Å². The van der Waals surface area contributed by atoms with E-state index in [1.807, 2.05) is 20.8 Å². The van der Waals surface area contributed by atoms with Gasteiger partial charge in [0.25, 0.3) is 17.7 Å². The van der Waals surface area contributed by atoms with Gasteiger partial charge in [0.05, 0.1) is 16.7 Å². The van der Waals surface area contributed by atoms with Gasteiger partial charge in [-0.2, -0.15) is 0 Å². The number of carbonyl (C=O) groups excluding carboxylic acids is 3. The quantitative estimate of drug-likeness (QED) is 0.277. The minimum atomic E-state index is -3.51. The maximum absolute atomic E-state index is 13.1. The van der Waals surface area contributed by atoms with E-state index in [0.29, 0.717) is 36.2 Å². The normalized spacial score (nSPS) is 20.1. The zero-order chi connectivity index (χ0) is 27.7. The summed E-state index contributed by atoms with van der Waals surface area (Å²) in [6, 6.07) is 3.09. The molecule has 2 N–H and O–H groups in total. The van der Waals surface area contributed by atoms with Crippen LogP contribution in [0.1, 0.15) is 96.9 Å². The maximum Gasteiger partial charge on any atom is 0.261 e. The van der Waals surface area contributed by atoms with E-state index in [4.69, 9.17) is 0 Å². The van der Waals surface area contributed by atoms with E-state index in [2.05, 4.69) is 20.4 Å². The molecule has 0 saturated heterocycles. The Labute approximate surface area is 220 Å². The highest BCUT2D eigenvalue weighted by Gasteiger charge is 2.41. The third kappa shape index (κ3) is 6.08. The zero-order valence-corrected chi connectivity index (χ0v) is 23.6. The number of aliphatic hydroxyl groups excluding tert-OH is 1. The van der Waals surface area contributed by atoms with E-state index in [-0.39, 0.29) is 66.2 Å². The molecule has 3 amide bonds. The molecule has 4 unspecified atom stereocenters. The highest BCUT2D eigenvalue weighted by atomic mass is 31.2. The number of aliphatic hydroxyl groups is 1. The second-order valence-electron chi connectivity index (χ2n) is 11.3. The molecule has 0 aliphatic carbocycles. The second kappa shape index (κ2) is 11.2. The second-order valence-corrected chi connectivity index (χ2v) is 13.8. The summed E-state index contributed by atoms with van der Waals surface area (Å²) in [5.41, 5.74) is 1.56. The van der Waals surface area contributed by atoms with Crippen LogP contribution in [0.15, 0.2) is 18.7 Å². The molecule has 0 saturated carbocycles. The molecule has 9 heteroatoms. The van der Waals surface area contributed by atoms with Crippen molar-refractivity contribution in [1.29, 1.82) is 0 Å². The van der Waals surface area contributed by atoms with E-state index in [0.717, 1.165) is 11.3 Å². The first kappa shape index (κ1) is 29.3. The van der Waals surface area contributed by atoms with Crippen molar-refractivity contribution in [3.8, 4) is 0 Å². The largest absolute Gasteiger partial charge is 0.396 e. The zero-order valence-electron chi connectivity index (χ0n) is 22.7. The summed E-state index contributed by atoms with van der Waals surface area (Å²) < 4.78 is 13.0. The molecule has 8 nitrogen and oxygen atoms in total. The Morgan fingerprint density at radius 3 is 2.05 bits per heavy atom. The van der Waals surface area contributed by atoms with Crippen molar-refractivity contribution in [3.05, 3.63) is 41.0 Å². The van der Waals surface area contributed by atoms with Gasteiger partial charge in [0.15, 0.2) is 0 Å². The van der Waals surface area contributed by atoms with Gasteiger partial charge in [0.1, 0.15) is 0 Å². The maximum atomic E-state index is 13.1. The lowest BCUT2D eigenvalue weighted by Crippen LogP contribution is -2.31. The number of hydrogen-bond acceptors (Lipinski definition) is 5. The lowest BCUT2D eigenvalue weighted by atomic mass is 9.81. The summed E-state index contributed by atoms with van der Waals surface area (Å²) in [5, 5.41) is 9.39. The molecule has 2 aliphatic rings. The Bertz CT molecular complexity index is 1090. The van der Waals surface area contributed by atoms with E-state index in [1.54, 1.807) is 11.0 Å². The third-order valence-corrected chi connectivity index (χ3v) is 10.2. The molecule has 0 spiro atoms. The fraction of sp³-hybridized carbons (Fsp3) is 0.607. The van der Waals surface area contributed by atoms with Crippen LogP contribution >= 0.6 is 7.37 Å². The summed E-state index contributed by atoms with van der Waals surface area (Å²) in [7, 11) is -3.51. The van der Waals surface area contributed by atoms with Gasteiger partial charge in [-0.25, -0.2) is 0 Å². The smallest absolute Gasteiger partial charge is 0.261 e. The predicted octanol–water partition coefficient (Wildman–Crippen LogP) is 4.85. The molecule has 4 atom stereocenters. The molecule has 1 aromatic rings. The SMILES string of the molecule is C=C1c2cc3c(cc2C(=O)N1CC(C)CC)C(=O)N(CCCP(=O)(O)CC(C)(CC)CC(C)CO)C3=O. The van der Waals surface area contributed by atoms with Crippen molar-refractivity contribution in [3.63, 3.8) is 0 Å². The van der Waals surface area contributed by atoms with Crippen molar-refractivity contribution in [2.75, 3.05) is 32.0 Å². The van der Waals surface area contributed by atoms with Gasteiger partial charge in [-0.05, 0) is 42.2 Å². The number of amides is 3. The van der Waals surface area contributed by atoms with Gasteiger partial charge in [-0.15, -0.1) is 0 Å². The lowest BCUT2D eigenvalue weighted by molar-refractivity contribution is 0.0653. The van der Waals surface area contributed by atoms with Crippen molar-refractivity contribution in [1.82, 2.24) is 9.80 Å². The minimum Gasteiger partial charge on any atom is -0.396 e. The van der Waals surface area contributed by atoms with Gasteiger partial charge in [0, 0.05) is 43.3 Å². The lowest BCUT2D eigenvalue weighted by Gasteiger charge is -2.32. The first-order chi connectivity index (χ1) is 17.3. The molecule has 0 fully saturated rings. The fourth-order valence-corrected chi connectivity index (χ4v) is 7.72. The van der Waals surface area contributed by atoms with Crippen LogP contribution in [0.5, 0.6) is 0 Å². The Morgan fingerprint density at radius 1 is 0.973 bits per heavy atom. The molecule has 0 aromatic heterocycles. The van der Waals surface area contributed by atoms with Crippen LogP contribution in [-0.2, 0) is 4.57 Å². The number of fused-ring (bicyclic) bond motifs is 2. The monoisotopic (exact) mass is 532 g/mol. The number of carbonyl (C=O) groups is 3. The number of benzene rings is 1.